The number of hydrogen-bond acceptors (Lipinski definition) is 3. The summed E-state index contributed by atoms with van der Waals surface area (Å²) in [6, 6.07) is 10.3. The third-order valence-electron chi connectivity index (χ3n) is 2.94. The summed E-state index contributed by atoms with van der Waals surface area (Å²) in [7, 11) is 0. The highest BCUT2D eigenvalue weighted by atomic mass is 79.9. The van der Waals surface area contributed by atoms with Crippen LogP contribution in [-0.4, -0.2) is 21.6 Å². The summed E-state index contributed by atoms with van der Waals surface area (Å²) in [6.45, 7) is 0.154. The molecule has 0 fully saturated rings. The normalized spacial score (nSPS) is 10.3. The smallest absolute Gasteiger partial charge is 0.353 e. The highest BCUT2D eigenvalue weighted by molar-refractivity contribution is 9.10. The van der Waals surface area contributed by atoms with Crippen LogP contribution < -0.4 is 11.2 Å². The second-order valence-corrected chi connectivity index (χ2v) is 5.20. The number of carbonyl (C=O) groups is 2. The van der Waals surface area contributed by atoms with Gasteiger partial charge in [-0.3, -0.25) is 10.2 Å². The summed E-state index contributed by atoms with van der Waals surface area (Å²) < 4.78 is 1.44. The molecule has 108 valence electrons. The van der Waals surface area contributed by atoms with E-state index in [4.69, 9.17) is 11.1 Å². The average Bonchev–Trinajstić information content (AvgIpc) is 2.43. The molecular weight excluding hydrogens is 338 g/mol. The van der Waals surface area contributed by atoms with Gasteiger partial charge in [0.05, 0.1) is 5.56 Å². The van der Waals surface area contributed by atoms with Crippen molar-refractivity contribution in [1.29, 1.82) is 5.41 Å². The number of carboxylic acid groups (broad SMARTS) is 1. The number of aromatic carboxylic acids is 1. The Morgan fingerprint density at radius 3 is 2.43 bits per heavy atom. The number of halogens is 1. The third kappa shape index (κ3) is 3.03. The Morgan fingerprint density at radius 1 is 1.29 bits per heavy atom. The van der Waals surface area contributed by atoms with Gasteiger partial charge in [0.25, 0.3) is 5.91 Å². The maximum atomic E-state index is 11.4. The van der Waals surface area contributed by atoms with Crippen molar-refractivity contribution in [3.8, 4) is 0 Å². The van der Waals surface area contributed by atoms with E-state index in [0.29, 0.717) is 0 Å². The average molecular weight is 350 g/mol. The molecule has 1 heterocycles. The molecule has 0 atom stereocenters. The zero-order valence-electron chi connectivity index (χ0n) is 10.8. The third-order valence-corrected chi connectivity index (χ3v) is 3.55. The maximum absolute atomic E-state index is 11.4. The van der Waals surface area contributed by atoms with Crippen LogP contribution >= 0.6 is 15.9 Å². The minimum absolute atomic E-state index is 0.0391. The van der Waals surface area contributed by atoms with Crippen LogP contribution in [-0.2, 0) is 6.54 Å². The Labute approximate surface area is 128 Å². The van der Waals surface area contributed by atoms with Gasteiger partial charge in [0, 0.05) is 11.0 Å². The Morgan fingerprint density at radius 2 is 1.90 bits per heavy atom. The lowest BCUT2D eigenvalue weighted by atomic mass is 10.2. The van der Waals surface area contributed by atoms with E-state index in [1.807, 2.05) is 30.3 Å². The van der Waals surface area contributed by atoms with E-state index in [9.17, 15) is 14.7 Å². The van der Waals surface area contributed by atoms with Crippen LogP contribution in [0.25, 0.3) is 0 Å². The molecule has 0 saturated carbocycles. The fraction of sp³-hybridized carbons (Fsp3) is 0.0714. The number of primary amides is 1. The lowest BCUT2D eigenvalue weighted by Gasteiger charge is -2.14. The highest BCUT2D eigenvalue weighted by Crippen LogP contribution is 2.17. The van der Waals surface area contributed by atoms with Crippen LogP contribution in [0, 0.1) is 5.41 Å². The lowest BCUT2D eigenvalue weighted by Crippen LogP contribution is -2.33. The van der Waals surface area contributed by atoms with Gasteiger partial charge in [-0.05, 0) is 27.6 Å². The first-order valence-electron chi connectivity index (χ1n) is 5.96. The summed E-state index contributed by atoms with van der Waals surface area (Å²) in [6.07, 6.45) is 0. The molecule has 4 N–H and O–H groups in total. The summed E-state index contributed by atoms with van der Waals surface area (Å²) in [4.78, 5) is 22.8. The molecule has 6 nitrogen and oxygen atoms in total. The molecule has 1 amide bonds. The number of nitrogens with zero attached hydrogens (tertiary/aromatic N) is 1. The number of carbonyl (C=O) groups excluding carboxylic acids is 1. The zero-order valence-corrected chi connectivity index (χ0v) is 12.4. The molecular formula is C14H12BrN3O3. The largest absolute Gasteiger partial charge is 0.477 e. The summed E-state index contributed by atoms with van der Waals surface area (Å²) in [5.74, 6) is -1.97. The van der Waals surface area contributed by atoms with Gasteiger partial charge in [-0.15, -0.1) is 0 Å². The highest BCUT2D eigenvalue weighted by Gasteiger charge is 2.19. The van der Waals surface area contributed by atoms with Crippen molar-refractivity contribution in [2.45, 2.75) is 6.54 Å². The van der Waals surface area contributed by atoms with E-state index in [-0.39, 0.29) is 27.8 Å². The van der Waals surface area contributed by atoms with E-state index < -0.39 is 11.9 Å². The Kier molecular flexibility index (Phi) is 4.23. The van der Waals surface area contributed by atoms with Crippen molar-refractivity contribution in [2.24, 2.45) is 5.73 Å². The molecule has 0 aliphatic heterocycles. The van der Waals surface area contributed by atoms with Gasteiger partial charge in [0.2, 0.25) is 0 Å². The lowest BCUT2D eigenvalue weighted by molar-refractivity contribution is 0.0681. The molecule has 2 aromatic rings. The first-order chi connectivity index (χ1) is 9.91. The van der Waals surface area contributed by atoms with Gasteiger partial charge in [0.1, 0.15) is 11.2 Å². The fourth-order valence-electron chi connectivity index (χ4n) is 1.98. The maximum Gasteiger partial charge on any atom is 0.353 e. The molecule has 0 aliphatic carbocycles. The number of rotatable bonds is 4. The van der Waals surface area contributed by atoms with Crippen molar-refractivity contribution in [2.75, 3.05) is 0 Å². The van der Waals surface area contributed by atoms with Crippen molar-refractivity contribution in [3.63, 3.8) is 0 Å². The molecule has 7 heteroatoms. The fourth-order valence-corrected chi connectivity index (χ4v) is 2.59. The van der Waals surface area contributed by atoms with Crippen molar-refractivity contribution >= 4 is 27.8 Å². The SMILES string of the molecule is N=c1c(C(N)=O)cc(Br)c(C(=O)O)n1Cc1ccccc1. The van der Waals surface area contributed by atoms with Crippen molar-refractivity contribution < 1.29 is 14.7 Å². The standard InChI is InChI=1S/C14H12BrN3O3/c15-10-6-9(13(17)19)12(16)18(11(10)14(20)21)7-8-4-2-1-3-5-8/h1-6,16H,7H2,(H2,17,19)(H,20,21). The zero-order chi connectivity index (χ0) is 15.6. The van der Waals surface area contributed by atoms with Crippen LogP contribution in [0.1, 0.15) is 26.4 Å². The van der Waals surface area contributed by atoms with Crippen LogP contribution in [0.4, 0.5) is 0 Å². The van der Waals surface area contributed by atoms with E-state index in [0.717, 1.165) is 5.56 Å². The summed E-state index contributed by atoms with van der Waals surface area (Å²) >= 11 is 3.12. The Balaban J connectivity index is 2.69. The second-order valence-electron chi connectivity index (χ2n) is 4.34. The van der Waals surface area contributed by atoms with Gasteiger partial charge < -0.3 is 15.4 Å². The monoisotopic (exact) mass is 349 g/mol. The van der Waals surface area contributed by atoms with E-state index in [1.54, 1.807) is 0 Å². The van der Waals surface area contributed by atoms with E-state index >= 15 is 0 Å². The molecule has 1 aromatic heterocycles. The van der Waals surface area contributed by atoms with Crippen molar-refractivity contribution in [1.82, 2.24) is 4.57 Å². The topological polar surface area (TPSA) is 109 Å². The van der Waals surface area contributed by atoms with Crippen molar-refractivity contribution in [3.05, 3.63) is 63.2 Å². The summed E-state index contributed by atoms with van der Waals surface area (Å²) in [5.41, 5.74) is 5.67. The number of aromatic nitrogens is 1. The molecule has 2 rings (SSSR count). The minimum atomic E-state index is -1.19. The number of benzene rings is 1. The number of pyridine rings is 1. The molecule has 0 spiro atoms. The van der Waals surface area contributed by atoms with Gasteiger partial charge in [-0.2, -0.15) is 0 Å². The predicted molar refractivity (Wildman–Crippen MR) is 79.0 cm³/mol. The van der Waals surface area contributed by atoms with E-state index in [1.165, 1.54) is 10.6 Å². The predicted octanol–water partition coefficient (Wildman–Crippen LogP) is 1.58. The van der Waals surface area contributed by atoms with Crippen LogP contribution in [0.3, 0.4) is 0 Å². The van der Waals surface area contributed by atoms with E-state index in [2.05, 4.69) is 15.9 Å². The second kappa shape index (κ2) is 5.92. The molecule has 0 aliphatic rings. The number of nitrogens with two attached hydrogens (primary N) is 1. The summed E-state index contributed by atoms with van der Waals surface area (Å²) in [5, 5.41) is 17.4. The number of nitrogens with one attached hydrogen (secondary N) is 1. The first kappa shape index (κ1) is 15.0. The van der Waals surface area contributed by atoms with Crippen LogP contribution in [0.2, 0.25) is 0 Å². The van der Waals surface area contributed by atoms with Gasteiger partial charge in [-0.25, -0.2) is 4.79 Å². The van der Waals surface area contributed by atoms with Gasteiger partial charge in [-0.1, -0.05) is 30.3 Å². The number of amides is 1. The van der Waals surface area contributed by atoms with Gasteiger partial charge in [0.15, 0.2) is 0 Å². The number of hydrogen-bond donors (Lipinski definition) is 3. The molecule has 0 bridgehead atoms. The molecule has 0 saturated heterocycles. The molecule has 0 unspecified atom stereocenters. The molecule has 0 radical (unpaired) electrons. The first-order valence-corrected chi connectivity index (χ1v) is 6.76. The molecule has 1 aromatic carbocycles. The van der Waals surface area contributed by atoms with Crippen LogP contribution in [0.15, 0.2) is 40.9 Å². The number of carboxylic acids is 1. The Bertz CT molecular complexity index is 769. The van der Waals surface area contributed by atoms with Crippen LogP contribution in [0.5, 0.6) is 0 Å². The minimum Gasteiger partial charge on any atom is -0.477 e. The quantitative estimate of drug-likeness (QED) is 0.779. The molecule has 21 heavy (non-hydrogen) atoms. The Hall–Kier alpha value is -2.41. The van der Waals surface area contributed by atoms with Gasteiger partial charge >= 0.3 is 5.97 Å².